The summed E-state index contributed by atoms with van der Waals surface area (Å²) in [5, 5.41) is 0.956. The molecule has 0 heterocycles. The molecule has 1 aliphatic rings. The van der Waals surface area contributed by atoms with Crippen molar-refractivity contribution in [1.29, 1.82) is 0 Å². The second kappa shape index (κ2) is 10.7. The Morgan fingerprint density at radius 3 is 2.06 bits per heavy atom. The molecule has 0 atom stereocenters. The topological polar surface area (TPSA) is 0 Å². The third-order valence-electron chi connectivity index (χ3n) is 7.25. The van der Waals surface area contributed by atoms with Crippen LogP contribution in [0.1, 0.15) is 93.2 Å². The van der Waals surface area contributed by atoms with Gasteiger partial charge in [0.2, 0.25) is 0 Å². The molecule has 0 radical (unpaired) electrons. The smallest absolute Gasteiger partial charge is 0.166 e. The van der Waals surface area contributed by atoms with Crippen LogP contribution in [0, 0.1) is 23.3 Å². The molecule has 0 bridgehead atoms. The van der Waals surface area contributed by atoms with Crippen LogP contribution in [-0.2, 0) is 6.42 Å². The van der Waals surface area contributed by atoms with Crippen molar-refractivity contribution in [2.24, 2.45) is 0 Å². The number of fused-ring (bicyclic) bond motifs is 1. The SMILES string of the molecule is CCCCCCCc1cc(F)c(C2CCC(c3ccc4c(F)c(F)ccc4c3)CC2)c(F)c1. The van der Waals surface area contributed by atoms with E-state index < -0.39 is 23.3 Å². The predicted octanol–water partition coefficient (Wildman–Crippen LogP) is 9.35. The number of hydrogen-bond acceptors (Lipinski definition) is 0. The van der Waals surface area contributed by atoms with E-state index in [1.165, 1.54) is 31.4 Å². The summed E-state index contributed by atoms with van der Waals surface area (Å²) in [6.45, 7) is 2.17. The van der Waals surface area contributed by atoms with Gasteiger partial charge >= 0.3 is 0 Å². The minimum Gasteiger partial charge on any atom is -0.207 e. The molecular weight excluding hydrogens is 424 g/mol. The molecule has 1 aliphatic carbocycles. The average molecular weight is 457 g/mol. The second-order valence-electron chi connectivity index (χ2n) is 9.53. The summed E-state index contributed by atoms with van der Waals surface area (Å²) >= 11 is 0. The number of benzene rings is 3. The highest BCUT2D eigenvalue weighted by molar-refractivity contribution is 5.84. The maximum atomic E-state index is 14.9. The first kappa shape index (κ1) is 23.8. The van der Waals surface area contributed by atoms with Crippen LogP contribution in [0.15, 0.2) is 42.5 Å². The summed E-state index contributed by atoms with van der Waals surface area (Å²) < 4.78 is 57.2. The highest BCUT2D eigenvalue weighted by atomic mass is 19.2. The zero-order valence-corrected chi connectivity index (χ0v) is 19.3. The Kier molecular flexibility index (Phi) is 7.72. The lowest BCUT2D eigenvalue weighted by Gasteiger charge is -2.30. The summed E-state index contributed by atoms with van der Waals surface area (Å²) in [6, 6.07) is 11.2. The third-order valence-corrected chi connectivity index (χ3v) is 7.25. The van der Waals surface area contributed by atoms with E-state index in [9.17, 15) is 17.6 Å². The van der Waals surface area contributed by atoms with Crippen molar-refractivity contribution < 1.29 is 17.6 Å². The Bertz CT molecular complexity index is 1070. The number of halogens is 4. The van der Waals surface area contributed by atoms with Crippen molar-refractivity contribution in [2.45, 2.75) is 83.0 Å². The molecule has 4 rings (SSSR count). The number of aryl methyl sites for hydroxylation is 1. The maximum Gasteiger partial charge on any atom is 0.166 e. The van der Waals surface area contributed by atoms with E-state index in [2.05, 4.69) is 6.92 Å². The number of rotatable bonds is 8. The van der Waals surface area contributed by atoms with Crippen molar-refractivity contribution in [3.05, 3.63) is 82.4 Å². The molecule has 1 fully saturated rings. The minimum absolute atomic E-state index is 0.119. The van der Waals surface area contributed by atoms with Gasteiger partial charge in [-0.2, -0.15) is 0 Å². The minimum atomic E-state index is -0.845. The summed E-state index contributed by atoms with van der Waals surface area (Å²) in [6.07, 6.45) is 9.40. The molecule has 176 valence electrons. The van der Waals surface area contributed by atoms with Crippen LogP contribution in [0.25, 0.3) is 10.8 Å². The van der Waals surface area contributed by atoms with Crippen molar-refractivity contribution in [2.75, 3.05) is 0 Å². The van der Waals surface area contributed by atoms with Crippen LogP contribution in [0.5, 0.6) is 0 Å². The lowest BCUT2D eigenvalue weighted by molar-refractivity contribution is 0.376. The van der Waals surface area contributed by atoms with E-state index in [1.807, 2.05) is 12.1 Å². The van der Waals surface area contributed by atoms with E-state index in [0.717, 1.165) is 49.3 Å². The molecule has 4 heteroatoms. The van der Waals surface area contributed by atoms with Gasteiger partial charge in [-0.15, -0.1) is 0 Å². The Morgan fingerprint density at radius 1 is 0.697 bits per heavy atom. The second-order valence-corrected chi connectivity index (χ2v) is 9.53. The summed E-state index contributed by atoms with van der Waals surface area (Å²) in [7, 11) is 0. The van der Waals surface area contributed by atoms with Gasteiger partial charge < -0.3 is 0 Å². The average Bonchev–Trinajstić information content (AvgIpc) is 2.81. The monoisotopic (exact) mass is 456 g/mol. The summed E-state index contributed by atoms with van der Waals surface area (Å²) in [4.78, 5) is 0. The molecule has 1 saturated carbocycles. The van der Waals surface area contributed by atoms with Gasteiger partial charge in [0.25, 0.3) is 0 Å². The fraction of sp³-hybridized carbons (Fsp3) is 0.448. The zero-order chi connectivity index (χ0) is 23.4. The van der Waals surface area contributed by atoms with Crippen LogP contribution in [0.4, 0.5) is 17.6 Å². The quantitative estimate of drug-likeness (QED) is 0.234. The zero-order valence-electron chi connectivity index (χ0n) is 19.3. The van der Waals surface area contributed by atoms with Gasteiger partial charge in [0, 0.05) is 10.9 Å². The highest BCUT2D eigenvalue weighted by Gasteiger charge is 2.28. The summed E-state index contributed by atoms with van der Waals surface area (Å²) in [5.74, 6) is -2.35. The molecule has 0 spiro atoms. The molecule has 0 amide bonds. The fourth-order valence-corrected chi connectivity index (χ4v) is 5.36. The van der Waals surface area contributed by atoms with E-state index in [1.54, 1.807) is 12.1 Å². The largest absolute Gasteiger partial charge is 0.207 e. The Hall–Kier alpha value is -2.36. The van der Waals surface area contributed by atoms with Crippen LogP contribution >= 0.6 is 0 Å². The molecule has 3 aromatic rings. The summed E-state index contributed by atoms with van der Waals surface area (Å²) in [5.41, 5.74) is 2.06. The first-order chi connectivity index (χ1) is 16.0. The Balaban J connectivity index is 1.40. The molecule has 0 saturated heterocycles. The van der Waals surface area contributed by atoms with E-state index in [4.69, 9.17) is 0 Å². The molecule has 0 N–H and O–H groups in total. The Morgan fingerprint density at radius 2 is 1.36 bits per heavy atom. The van der Waals surface area contributed by atoms with Gasteiger partial charge in [-0.05, 0) is 85.1 Å². The fourth-order valence-electron chi connectivity index (χ4n) is 5.36. The third kappa shape index (κ3) is 5.42. The van der Waals surface area contributed by atoms with Crippen LogP contribution < -0.4 is 0 Å². The lowest BCUT2D eigenvalue weighted by atomic mass is 9.75. The standard InChI is InChI=1S/C29H32F4/c1-2-3-4-5-6-7-19-16-26(31)28(27(32)17-19)21-10-8-20(9-11-21)22-12-14-24-23(18-22)13-15-25(30)29(24)33/h12-18,20-21H,2-11H2,1H3. The van der Waals surface area contributed by atoms with Gasteiger partial charge in [0.05, 0.1) is 0 Å². The molecule has 33 heavy (non-hydrogen) atoms. The molecule has 0 nitrogen and oxygen atoms in total. The predicted molar refractivity (Wildman–Crippen MR) is 127 cm³/mol. The van der Waals surface area contributed by atoms with E-state index in [-0.39, 0.29) is 22.8 Å². The van der Waals surface area contributed by atoms with Gasteiger partial charge in [0.1, 0.15) is 11.6 Å². The first-order valence-corrected chi connectivity index (χ1v) is 12.3. The molecular formula is C29H32F4. The van der Waals surface area contributed by atoms with Gasteiger partial charge in [-0.25, -0.2) is 17.6 Å². The van der Waals surface area contributed by atoms with Crippen molar-refractivity contribution >= 4 is 10.8 Å². The van der Waals surface area contributed by atoms with E-state index in [0.29, 0.717) is 18.2 Å². The van der Waals surface area contributed by atoms with Gasteiger partial charge in [-0.3, -0.25) is 0 Å². The van der Waals surface area contributed by atoms with Crippen molar-refractivity contribution in [1.82, 2.24) is 0 Å². The normalized spacial score (nSPS) is 18.7. The lowest BCUT2D eigenvalue weighted by Crippen LogP contribution is -2.15. The molecule has 0 aromatic heterocycles. The molecule has 0 aliphatic heterocycles. The van der Waals surface area contributed by atoms with E-state index >= 15 is 0 Å². The highest BCUT2D eigenvalue weighted by Crippen LogP contribution is 2.42. The van der Waals surface area contributed by atoms with Crippen LogP contribution in [0.3, 0.4) is 0 Å². The van der Waals surface area contributed by atoms with Crippen molar-refractivity contribution in [3.8, 4) is 0 Å². The van der Waals surface area contributed by atoms with Crippen LogP contribution in [-0.4, -0.2) is 0 Å². The molecule has 3 aromatic carbocycles. The van der Waals surface area contributed by atoms with Gasteiger partial charge in [0.15, 0.2) is 11.6 Å². The Labute approximate surface area is 194 Å². The number of unbranched alkanes of at least 4 members (excludes halogenated alkanes) is 4. The first-order valence-electron chi connectivity index (χ1n) is 12.3. The van der Waals surface area contributed by atoms with Crippen molar-refractivity contribution in [3.63, 3.8) is 0 Å². The molecule has 0 unspecified atom stereocenters. The number of hydrogen-bond donors (Lipinski definition) is 0. The van der Waals surface area contributed by atoms with Gasteiger partial charge in [-0.1, -0.05) is 56.9 Å². The van der Waals surface area contributed by atoms with Crippen LogP contribution in [0.2, 0.25) is 0 Å². The maximum absolute atomic E-state index is 14.9.